The Morgan fingerprint density at radius 3 is 2.50 bits per heavy atom. The topological polar surface area (TPSA) is 70.8 Å². The zero-order chi connectivity index (χ0) is 19.9. The summed E-state index contributed by atoms with van der Waals surface area (Å²) in [5.41, 5.74) is 1.27. The average molecular weight is 405 g/mol. The number of carbonyl (C=O) groups is 1. The van der Waals surface area contributed by atoms with Crippen molar-refractivity contribution in [3.05, 3.63) is 29.5 Å². The number of benzene rings is 1. The molecule has 1 unspecified atom stereocenters. The van der Waals surface area contributed by atoms with Crippen molar-refractivity contribution in [1.82, 2.24) is 9.21 Å². The SMILES string of the molecule is Cc1c(C(=O)N2CCCCC2C)oc2ccc(S(=O)(=O)N3CCCCC3)cc12. The maximum atomic E-state index is 13.0. The van der Waals surface area contributed by atoms with Crippen molar-refractivity contribution in [2.24, 2.45) is 0 Å². The van der Waals surface area contributed by atoms with E-state index >= 15 is 0 Å². The fraction of sp³-hybridized carbons (Fsp3) is 0.571. The number of hydrogen-bond donors (Lipinski definition) is 0. The summed E-state index contributed by atoms with van der Waals surface area (Å²) in [5, 5.41) is 0.700. The van der Waals surface area contributed by atoms with E-state index in [0.717, 1.165) is 45.1 Å². The Bertz CT molecular complexity index is 989. The highest BCUT2D eigenvalue weighted by Crippen LogP contribution is 2.31. The van der Waals surface area contributed by atoms with Gasteiger partial charge in [-0.2, -0.15) is 4.31 Å². The maximum Gasteiger partial charge on any atom is 0.290 e. The van der Waals surface area contributed by atoms with Crippen LogP contribution in [-0.4, -0.2) is 49.2 Å². The van der Waals surface area contributed by atoms with E-state index < -0.39 is 10.0 Å². The molecule has 4 rings (SSSR count). The second-order valence-corrected chi connectivity index (χ2v) is 9.96. The van der Waals surface area contributed by atoms with Gasteiger partial charge in [0.15, 0.2) is 5.76 Å². The molecule has 0 spiro atoms. The van der Waals surface area contributed by atoms with Crippen molar-refractivity contribution >= 4 is 26.9 Å². The lowest BCUT2D eigenvalue weighted by atomic mass is 10.0. The molecule has 0 saturated carbocycles. The van der Waals surface area contributed by atoms with Gasteiger partial charge in [0.25, 0.3) is 5.91 Å². The summed E-state index contributed by atoms with van der Waals surface area (Å²) < 4.78 is 33.4. The summed E-state index contributed by atoms with van der Waals surface area (Å²) in [4.78, 5) is 15.2. The number of amides is 1. The van der Waals surface area contributed by atoms with E-state index in [2.05, 4.69) is 6.92 Å². The lowest BCUT2D eigenvalue weighted by molar-refractivity contribution is 0.0604. The van der Waals surface area contributed by atoms with Crippen LogP contribution in [0.25, 0.3) is 11.0 Å². The van der Waals surface area contributed by atoms with Gasteiger partial charge in [-0.15, -0.1) is 0 Å². The van der Waals surface area contributed by atoms with Crippen LogP contribution >= 0.6 is 0 Å². The number of aryl methyl sites for hydroxylation is 1. The van der Waals surface area contributed by atoms with E-state index in [4.69, 9.17) is 4.42 Å². The minimum Gasteiger partial charge on any atom is -0.451 e. The van der Waals surface area contributed by atoms with Gasteiger partial charge in [-0.25, -0.2) is 8.42 Å². The second kappa shape index (κ2) is 7.52. The van der Waals surface area contributed by atoms with E-state index in [1.165, 1.54) is 0 Å². The van der Waals surface area contributed by atoms with Gasteiger partial charge >= 0.3 is 0 Å². The second-order valence-electron chi connectivity index (χ2n) is 8.02. The van der Waals surface area contributed by atoms with E-state index in [9.17, 15) is 13.2 Å². The summed E-state index contributed by atoms with van der Waals surface area (Å²) in [5.74, 6) is 0.234. The molecule has 1 amide bonds. The fourth-order valence-corrected chi connectivity index (χ4v) is 5.89. The predicted molar refractivity (Wildman–Crippen MR) is 108 cm³/mol. The number of furan rings is 1. The Hall–Kier alpha value is -1.86. The van der Waals surface area contributed by atoms with Crippen LogP contribution in [-0.2, 0) is 10.0 Å². The molecule has 0 N–H and O–H groups in total. The third-order valence-electron chi connectivity index (χ3n) is 6.12. The number of sulfonamides is 1. The first-order valence-corrected chi connectivity index (χ1v) is 11.7. The molecule has 6 nitrogen and oxygen atoms in total. The quantitative estimate of drug-likeness (QED) is 0.777. The lowest BCUT2D eigenvalue weighted by Crippen LogP contribution is -2.42. The van der Waals surface area contributed by atoms with Gasteiger partial charge in [0, 0.05) is 36.6 Å². The molecule has 1 aromatic carbocycles. The van der Waals surface area contributed by atoms with Crippen LogP contribution in [0.4, 0.5) is 0 Å². The maximum absolute atomic E-state index is 13.0. The Morgan fingerprint density at radius 2 is 1.79 bits per heavy atom. The van der Waals surface area contributed by atoms with Crippen molar-refractivity contribution < 1.29 is 17.6 Å². The molecule has 2 fully saturated rings. The summed E-state index contributed by atoms with van der Waals surface area (Å²) >= 11 is 0. The molecule has 2 aromatic rings. The van der Waals surface area contributed by atoms with Gasteiger partial charge in [-0.3, -0.25) is 4.79 Å². The number of piperidine rings is 2. The first-order valence-electron chi connectivity index (χ1n) is 10.2. The third-order valence-corrected chi connectivity index (χ3v) is 8.01. The van der Waals surface area contributed by atoms with Crippen molar-refractivity contribution in [2.75, 3.05) is 19.6 Å². The van der Waals surface area contributed by atoms with E-state index in [1.807, 2.05) is 11.8 Å². The van der Waals surface area contributed by atoms with Crippen molar-refractivity contribution in [1.29, 1.82) is 0 Å². The third kappa shape index (κ3) is 3.35. The van der Waals surface area contributed by atoms with Crippen LogP contribution in [0.2, 0.25) is 0 Å². The highest BCUT2D eigenvalue weighted by atomic mass is 32.2. The van der Waals surface area contributed by atoms with Crippen molar-refractivity contribution in [3.63, 3.8) is 0 Å². The van der Waals surface area contributed by atoms with Crippen LogP contribution in [0.15, 0.2) is 27.5 Å². The Kier molecular flexibility index (Phi) is 5.22. The molecule has 2 aliphatic rings. The van der Waals surface area contributed by atoms with Gasteiger partial charge in [0.05, 0.1) is 4.90 Å². The van der Waals surface area contributed by atoms with Gasteiger partial charge < -0.3 is 9.32 Å². The Labute approximate surface area is 166 Å². The molecule has 2 aliphatic heterocycles. The zero-order valence-corrected chi connectivity index (χ0v) is 17.4. The molecule has 28 heavy (non-hydrogen) atoms. The summed E-state index contributed by atoms with van der Waals surface area (Å²) in [6, 6.07) is 5.13. The standard InChI is InChI=1S/C21H28N2O4S/c1-15-8-4-7-13-23(15)21(24)20-16(2)18-14-17(9-10-19(18)27-20)28(25,26)22-11-5-3-6-12-22/h9-10,14-15H,3-8,11-13H2,1-2H3. The largest absolute Gasteiger partial charge is 0.451 e. The van der Waals surface area contributed by atoms with E-state index in [-0.39, 0.29) is 16.8 Å². The minimum absolute atomic E-state index is 0.0960. The smallest absolute Gasteiger partial charge is 0.290 e. The molecule has 0 radical (unpaired) electrons. The molecule has 1 atom stereocenters. The zero-order valence-electron chi connectivity index (χ0n) is 16.6. The van der Waals surface area contributed by atoms with Gasteiger partial charge in [-0.05, 0) is 64.2 Å². The first-order chi connectivity index (χ1) is 13.4. The monoisotopic (exact) mass is 404 g/mol. The number of rotatable bonds is 3. The van der Waals surface area contributed by atoms with Crippen molar-refractivity contribution in [2.45, 2.75) is 63.3 Å². The number of carbonyl (C=O) groups excluding carboxylic acids is 1. The molecule has 1 aromatic heterocycles. The predicted octanol–water partition coefficient (Wildman–Crippen LogP) is 3.93. The highest BCUT2D eigenvalue weighted by molar-refractivity contribution is 7.89. The molecular formula is C21H28N2O4S. The fourth-order valence-electron chi connectivity index (χ4n) is 4.35. The van der Waals surface area contributed by atoms with Crippen LogP contribution in [0.3, 0.4) is 0 Å². The van der Waals surface area contributed by atoms with Crippen molar-refractivity contribution in [3.8, 4) is 0 Å². The van der Waals surface area contributed by atoms with Crippen LogP contribution in [0, 0.1) is 6.92 Å². The first kappa shape index (κ1) is 19.5. The summed E-state index contributed by atoms with van der Waals surface area (Å²) in [7, 11) is -3.51. The normalized spacial score (nSPS) is 21.9. The van der Waals surface area contributed by atoms with Gasteiger partial charge in [0.2, 0.25) is 10.0 Å². The van der Waals surface area contributed by atoms with Gasteiger partial charge in [0.1, 0.15) is 5.58 Å². The van der Waals surface area contributed by atoms with Crippen LogP contribution < -0.4 is 0 Å². The average Bonchev–Trinajstić information content (AvgIpc) is 3.04. The van der Waals surface area contributed by atoms with Gasteiger partial charge in [-0.1, -0.05) is 6.42 Å². The molecular weight excluding hydrogens is 376 g/mol. The molecule has 7 heteroatoms. The van der Waals surface area contributed by atoms with E-state index in [0.29, 0.717) is 35.4 Å². The molecule has 3 heterocycles. The summed E-state index contributed by atoms with van der Waals surface area (Å²) in [6.45, 7) is 5.79. The Balaban J connectivity index is 1.69. The minimum atomic E-state index is -3.51. The van der Waals surface area contributed by atoms with Crippen LogP contribution in [0.1, 0.15) is 61.6 Å². The highest BCUT2D eigenvalue weighted by Gasteiger charge is 2.30. The molecule has 152 valence electrons. The lowest BCUT2D eigenvalue weighted by Gasteiger charge is -2.32. The molecule has 0 bridgehead atoms. The van der Waals surface area contributed by atoms with E-state index in [1.54, 1.807) is 22.5 Å². The molecule has 0 aliphatic carbocycles. The molecule has 2 saturated heterocycles. The number of nitrogens with zero attached hydrogens (tertiary/aromatic N) is 2. The number of hydrogen-bond acceptors (Lipinski definition) is 4. The summed E-state index contributed by atoms with van der Waals surface area (Å²) in [6.07, 6.45) is 6.03. The number of fused-ring (bicyclic) bond motifs is 1. The Morgan fingerprint density at radius 1 is 1.07 bits per heavy atom. The van der Waals surface area contributed by atoms with Crippen LogP contribution in [0.5, 0.6) is 0 Å². The number of likely N-dealkylation sites (tertiary alicyclic amines) is 1.